The Hall–Kier alpha value is -1.47. The molecule has 0 heterocycles. The summed E-state index contributed by atoms with van der Waals surface area (Å²) in [7, 11) is -6.52. The van der Waals surface area contributed by atoms with Gasteiger partial charge >= 0.3 is 0 Å². The molecule has 2 aromatic rings. The highest BCUT2D eigenvalue weighted by Crippen LogP contribution is 2.59. The molecule has 0 radical (unpaired) electrons. The van der Waals surface area contributed by atoms with Crippen molar-refractivity contribution >= 4 is 28.5 Å². The van der Waals surface area contributed by atoms with E-state index in [9.17, 15) is 18.3 Å². The summed E-state index contributed by atoms with van der Waals surface area (Å²) in [5, 5.41) is 11.2. The second-order valence-electron chi connectivity index (χ2n) is 9.85. The van der Waals surface area contributed by atoms with Crippen LogP contribution in [0, 0.1) is 0 Å². The van der Waals surface area contributed by atoms with Crippen molar-refractivity contribution in [2.75, 3.05) is 6.61 Å². The second-order valence-corrected chi connectivity index (χ2v) is 16.5. The Morgan fingerprint density at radius 2 is 1.30 bits per heavy atom. The topological polar surface area (TPSA) is 74.6 Å². The summed E-state index contributed by atoms with van der Waals surface area (Å²) in [5.74, 6) is 0. The Labute approximate surface area is 181 Å². The third kappa shape index (κ3) is 3.20. The molecule has 4 nitrogen and oxygen atoms in total. The SMILES string of the molecule is CC(C)(CCC1(S(=O)(=O)C2(CO)CC2)CC1)[Si](O)(c1ccccc1)c1ccccc1. The molecular formula is C24H32O4SSi. The molecule has 2 N–H and O–H groups in total. The number of aliphatic hydroxyl groups is 1. The first-order chi connectivity index (χ1) is 14.1. The van der Waals surface area contributed by atoms with Gasteiger partial charge in [0.1, 0.15) is 0 Å². The van der Waals surface area contributed by atoms with Gasteiger partial charge in [0, 0.05) is 0 Å². The summed E-state index contributed by atoms with van der Waals surface area (Å²) >= 11 is 0. The second kappa shape index (κ2) is 7.30. The van der Waals surface area contributed by atoms with Crippen molar-refractivity contribution in [2.24, 2.45) is 0 Å². The van der Waals surface area contributed by atoms with Crippen LogP contribution in [0.15, 0.2) is 60.7 Å². The molecule has 0 spiro atoms. The number of hydrogen-bond acceptors (Lipinski definition) is 4. The molecule has 0 atom stereocenters. The smallest absolute Gasteiger partial charge is 0.258 e. The van der Waals surface area contributed by atoms with Gasteiger partial charge in [-0.1, -0.05) is 74.5 Å². The minimum absolute atomic E-state index is 0.271. The van der Waals surface area contributed by atoms with Crippen LogP contribution in [0.2, 0.25) is 5.04 Å². The van der Waals surface area contributed by atoms with E-state index in [2.05, 4.69) is 13.8 Å². The highest BCUT2D eigenvalue weighted by atomic mass is 32.2. The van der Waals surface area contributed by atoms with Gasteiger partial charge in [-0.05, 0) is 53.9 Å². The van der Waals surface area contributed by atoms with Gasteiger partial charge in [0.25, 0.3) is 8.32 Å². The predicted molar refractivity (Wildman–Crippen MR) is 123 cm³/mol. The zero-order valence-corrected chi connectivity index (χ0v) is 19.7. The Morgan fingerprint density at radius 1 is 0.867 bits per heavy atom. The Balaban J connectivity index is 1.66. The zero-order chi connectivity index (χ0) is 21.7. The van der Waals surface area contributed by atoms with E-state index in [1.165, 1.54) is 0 Å². The van der Waals surface area contributed by atoms with E-state index in [0.717, 1.165) is 10.4 Å². The summed E-state index contributed by atoms with van der Waals surface area (Å²) in [6.45, 7) is 3.90. The Morgan fingerprint density at radius 3 is 1.67 bits per heavy atom. The van der Waals surface area contributed by atoms with Gasteiger partial charge in [-0.15, -0.1) is 0 Å². The van der Waals surface area contributed by atoms with Crippen LogP contribution in [-0.2, 0) is 9.84 Å². The van der Waals surface area contributed by atoms with Crippen molar-refractivity contribution in [1.29, 1.82) is 0 Å². The monoisotopic (exact) mass is 444 g/mol. The molecule has 4 rings (SSSR count). The third-order valence-electron chi connectivity index (χ3n) is 7.61. The quantitative estimate of drug-likeness (QED) is 0.583. The molecule has 2 aliphatic carbocycles. The molecule has 0 saturated heterocycles. The largest absolute Gasteiger partial charge is 0.424 e. The lowest BCUT2D eigenvalue weighted by Gasteiger charge is -2.42. The fourth-order valence-corrected chi connectivity index (χ4v) is 11.4. The summed E-state index contributed by atoms with van der Waals surface area (Å²) in [6, 6.07) is 19.7. The summed E-state index contributed by atoms with van der Waals surface area (Å²) in [5.41, 5.74) is 0. The maximum atomic E-state index is 13.3. The van der Waals surface area contributed by atoms with Crippen molar-refractivity contribution in [3.8, 4) is 0 Å². The summed E-state index contributed by atoms with van der Waals surface area (Å²) < 4.78 is 25.0. The molecule has 162 valence electrons. The molecule has 2 aromatic carbocycles. The van der Waals surface area contributed by atoms with Crippen LogP contribution < -0.4 is 10.4 Å². The minimum atomic E-state index is -3.38. The fourth-order valence-electron chi connectivity index (χ4n) is 4.93. The molecule has 0 unspecified atom stereocenters. The molecule has 6 heteroatoms. The van der Waals surface area contributed by atoms with E-state index < -0.39 is 32.7 Å². The van der Waals surface area contributed by atoms with E-state index in [0.29, 0.717) is 38.5 Å². The molecule has 0 bridgehead atoms. The molecule has 2 saturated carbocycles. The predicted octanol–water partition coefficient (Wildman–Crippen LogP) is 2.77. The Bertz CT molecular complexity index is 955. The van der Waals surface area contributed by atoms with Gasteiger partial charge in [-0.25, -0.2) is 8.42 Å². The average Bonchev–Trinajstić information content (AvgIpc) is 3.67. The van der Waals surface area contributed by atoms with Crippen LogP contribution in [-0.4, -0.2) is 42.7 Å². The molecule has 0 amide bonds. The van der Waals surface area contributed by atoms with Crippen LogP contribution in [0.5, 0.6) is 0 Å². The van der Waals surface area contributed by atoms with E-state index in [-0.39, 0.29) is 6.61 Å². The van der Waals surface area contributed by atoms with E-state index in [1.807, 2.05) is 60.7 Å². The average molecular weight is 445 g/mol. The summed E-state index contributed by atoms with van der Waals surface area (Å²) in [6.07, 6.45) is 3.65. The first kappa shape index (κ1) is 21.7. The lowest BCUT2D eigenvalue weighted by molar-refractivity contribution is 0.282. The fraction of sp³-hybridized carbons (Fsp3) is 0.500. The van der Waals surface area contributed by atoms with E-state index >= 15 is 0 Å². The summed E-state index contributed by atoms with van der Waals surface area (Å²) in [4.78, 5) is 12.3. The lowest BCUT2D eigenvalue weighted by atomic mass is 10.0. The van der Waals surface area contributed by atoms with Gasteiger partial charge in [0.15, 0.2) is 9.84 Å². The van der Waals surface area contributed by atoms with E-state index in [4.69, 9.17) is 0 Å². The Kier molecular flexibility index (Phi) is 5.29. The number of hydrogen-bond donors (Lipinski definition) is 2. The van der Waals surface area contributed by atoms with Gasteiger partial charge in [0.05, 0.1) is 16.1 Å². The molecule has 30 heavy (non-hydrogen) atoms. The van der Waals surface area contributed by atoms with Crippen molar-refractivity contribution in [2.45, 2.75) is 66.9 Å². The third-order valence-corrected chi connectivity index (χ3v) is 15.6. The number of sulfone groups is 1. The van der Waals surface area contributed by atoms with Crippen molar-refractivity contribution in [1.82, 2.24) is 0 Å². The standard InChI is InChI=1S/C24H32O4SSi/c1-22(2,13-14-23(15-16-23)29(26,27)24(19-25)17-18-24)30(28,20-9-5-3-6-10-20)21-11-7-4-8-12-21/h3-12,25,28H,13-19H2,1-2H3. The van der Waals surface area contributed by atoms with Crippen molar-refractivity contribution < 1.29 is 18.3 Å². The highest BCUT2D eigenvalue weighted by Gasteiger charge is 2.67. The first-order valence-electron chi connectivity index (χ1n) is 10.8. The minimum Gasteiger partial charge on any atom is -0.424 e. The maximum Gasteiger partial charge on any atom is 0.258 e. The van der Waals surface area contributed by atoms with Crippen molar-refractivity contribution in [3.05, 3.63) is 60.7 Å². The van der Waals surface area contributed by atoms with E-state index in [1.54, 1.807) is 0 Å². The zero-order valence-electron chi connectivity index (χ0n) is 17.8. The molecule has 0 aromatic heterocycles. The van der Waals surface area contributed by atoms with Gasteiger partial charge in [0.2, 0.25) is 0 Å². The lowest BCUT2D eigenvalue weighted by Crippen LogP contribution is -2.65. The van der Waals surface area contributed by atoms with Gasteiger partial charge in [-0.3, -0.25) is 0 Å². The van der Waals surface area contributed by atoms with Gasteiger partial charge < -0.3 is 9.90 Å². The highest BCUT2D eigenvalue weighted by molar-refractivity contribution is 7.94. The number of benzene rings is 2. The number of aliphatic hydroxyl groups excluding tert-OH is 1. The van der Waals surface area contributed by atoms with Crippen LogP contribution in [0.1, 0.15) is 52.4 Å². The van der Waals surface area contributed by atoms with Crippen molar-refractivity contribution in [3.63, 3.8) is 0 Å². The van der Waals surface area contributed by atoms with Crippen LogP contribution in [0.3, 0.4) is 0 Å². The maximum absolute atomic E-state index is 13.3. The molecule has 2 fully saturated rings. The molecular weight excluding hydrogens is 412 g/mol. The van der Waals surface area contributed by atoms with Crippen LogP contribution in [0.4, 0.5) is 0 Å². The van der Waals surface area contributed by atoms with Crippen LogP contribution in [0.25, 0.3) is 0 Å². The normalized spacial score (nSPS) is 20.0. The molecule has 0 aliphatic heterocycles. The van der Waals surface area contributed by atoms with Crippen LogP contribution >= 0.6 is 0 Å². The first-order valence-corrected chi connectivity index (χ1v) is 14.3. The molecule has 2 aliphatic rings. The number of rotatable bonds is 9. The van der Waals surface area contributed by atoms with Gasteiger partial charge in [-0.2, -0.15) is 0 Å².